The van der Waals surface area contributed by atoms with Gasteiger partial charge in [0.15, 0.2) is 0 Å². The Morgan fingerprint density at radius 2 is 2.11 bits per heavy atom. The zero-order chi connectivity index (χ0) is 18.9. The van der Waals surface area contributed by atoms with E-state index < -0.39 is 16.1 Å². The maximum Gasteiger partial charge on any atom is 0.248 e. The van der Waals surface area contributed by atoms with E-state index in [2.05, 4.69) is 15.1 Å². The summed E-state index contributed by atoms with van der Waals surface area (Å²) in [4.78, 5) is 14.9. The molecule has 8 nitrogen and oxygen atoms in total. The Morgan fingerprint density at radius 1 is 1.37 bits per heavy atom. The van der Waals surface area contributed by atoms with Crippen molar-refractivity contribution in [3.8, 4) is 0 Å². The van der Waals surface area contributed by atoms with Gasteiger partial charge in [0.25, 0.3) is 0 Å². The van der Waals surface area contributed by atoms with Gasteiger partial charge in [-0.05, 0) is 31.2 Å². The molecular weight excluding hydrogens is 390 g/mol. The SMILES string of the molecule is CCNS(=O)(=O)c1ccc2c(c1)N(C(=O)C(NC)c1cnn(C)c1)CC2.Cl. The average Bonchev–Trinajstić information content (AvgIpc) is 3.21. The molecule has 27 heavy (non-hydrogen) atoms. The van der Waals surface area contributed by atoms with E-state index in [0.29, 0.717) is 25.2 Å². The van der Waals surface area contributed by atoms with Crippen LogP contribution in [0.15, 0.2) is 35.5 Å². The third kappa shape index (κ3) is 4.16. The molecule has 148 valence electrons. The van der Waals surface area contributed by atoms with Crippen LogP contribution in [-0.4, -0.2) is 44.2 Å². The number of nitrogens with one attached hydrogen (secondary N) is 2. The summed E-state index contributed by atoms with van der Waals surface area (Å²) in [6.07, 6.45) is 4.15. The second-order valence-electron chi connectivity index (χ2n) is 6.20. The summed E-state index contributed by atoms with van der Waals surface area (Å²) in [5, 5.41) is 7.15. The summed E-state index contributed by atoms with van der Waals surface area (Å²) in [6.45, 7) is 2.56. The van der Waals surface area contributed by atoms with Gasteiger partial charge in [0, 0.05) is 37.6 Å². The Kier molecular flexibility index (Phi) is 6.63. The number of aromatic nitrogens is 2. The molecular formula is C17H24ClN5O3S. The highest BCUT2D eigenvalue weighted by Gasteiger charge is 2.32. The Labute approximate surface area is 165 Å². The molecule has 0 saturated heterocycles. The minimum absolute atomic E-state index is 0. The molecule has 1 amide bonds. The predicted molar refractivity (Wildman–Crippen MR) is 106 cm³/mol. The number of sulfonamides is 1. The van der Waals surface area contributed by atoms with E-state index in [1.54, 1.807) is 61.2 Å². The molecule has 2 N–H and O–H groups in total. The van der Waals surface area contributed by atoms with Gasteiger partial charge in [-0.1, -0.05) is 13.0 Å². The lowest BCUT2D eigenvalue weighted by Gasteiger charge is -2.23. The Hall–Kier alpha value is -1.94. The minimum atomic E-state index is -3.57. The van der Waals surface area contributed by atoms with Crippen molar-refractivity contribution in [1.29, 1.82) is 0 Å². The van der Waals surface area contributed by atoms with E-state index in [1.165, 1.54) is 0 Å². The quantitative estimate of drug-likeness (QED) is 0.736. The Morgan fingerprint density at radius 3 is 2.70 bits per heavy atom. The smallest absolute Gasteiger partial charge is 0.248 e. The molecule has 0 fully saturated rings. The van der Waals surface area contributed by atoms with Gasteiger partial charge in [0.05, 0.1) is 11.1 Å². The van der Waals surface area contributed by atoms with Crippen LogP contribution in [0.1, 0.15) is 24.1 Å². The number of aryl methyl sites for hydroxylation is 1. The molecule has 0 bridgehead atoms. The van der Waals surface area contributed by atoms with E-state index in [-0.39, 0.29) is 23.2 Å². The molecule has 1 aromatic carbocycles. The van der Waals surface area contributed by atoms with Gasteiger partial charge in [0.1, 0.15) is 6.04 Å². The van der Waals surface area contributed by atoms with Crippen LogP contribution in [-0.2, 0) is 28.3 Å². The maximum atomic E-state index is 13.1. The third-order valence-corrected chi connectivity index (χ3v) is 6.00. The highest BCUT2D eigenvalue weighted by molar-refractivity contribution is 7.89. The van der Waals surface area contributed by atoms with E-state index in [0.717, 1.165) is 11.1 Å². The first kappa shape index (κ1) is 21.4. The van der Waals surface area contributed by atoms with Gasteiger partial charge in [-0.25, -0.2) is 13.1 Å². The number of rotatable bonds is 6. The number of amides is 1. The molecule has 10 heteroatoms. The van der Waals surface area contributed by atoms with E-state index in [9.17, 15) is 13.2 Å². The molecule has 0 spiro atoms. The first-order chi connectivity index (χ1) is 12.4. The van der Waals surface area contributed by atoms with Crippen LogP contribution in [0.3, 0.4) is 0 Å². The zero-order valence-electron chi connectivity index (χ0n) is 15.5. The molecule has 1 atom stereocenters. The molecule has 0 aliphatic carbocycles. The number of halogens is 1. The average molecular weight is 414 g/mol. The maximum absolute atomic E-state index is 13.1. The third-order valence-electron chi connectivity index (χ3n) is 4.46. The van der Waals surface area contributed by atoms with Gasteiger partial charge < -0.3 is 10.2 Å². The van der Waals surface area contributed by atoms with E-state index >= 15 is 0 Å². The van der Waals surface area contributed by atoms with Crippen molar-refractivity contribution in [2.75, 3.05) is 25.0 Å². The van der Waals surface area contributed by atoms with Crippen molar-refractivity contribution in [2.24, 2.45) is 7.05 Å². The number of anilines is 1. The van der Waals surface area contributed by atoms with Crippen molar-refractivity contribution >= 4 is 34.0 Å². The number of hydrogen-bond donors (Lipinski definition) is 2. The summed E-state index contributed by atoms with van der Waals surface area (Å²) in [5.41, 5.74) is 2.39. The van der Waals surface area contributed by atoms with Crippen LogP contribution >= 0.6 is 12.4 Å². The van der Waals surface area contributed by atoms with Crippen molar-refractivity contribution in [3.05, 3.63) is 41.7 Å². The summed E-state index contributed by atoms with van der Waals surface area (Å²) in [7, 11) is -0.0564. The molecule has 1 aliphatic heterocycles. The molecule has 2 aromatic rings. The fourth-order valence-corrected chi connectivity index (χ4v) is 4.27. The van der Waals surface area contributed by atoms with Crippen LogP contribution in [0.5, 0.6) is 0 Å². The number of likely N-dealkylation sites (N-methyl/N-ethyl adjacent to an activating group) is 1. The molecule has 0 radical (unpaired) electrons. The molecule has 1 unspecified atom stereocenters. The second kappa shape index (κ2) is 8.39. The number of carbonyl (C=O) groups excluding carboxylic acids is 1. The van der Waals surface area contributed by atoms with Crippen LogP contribution in [0, 0.1) is 0 Å². The summed E-state index contributed by atoms with van der Waals surface area (Å²) in [5.74, 6) is -0.128. The second-order valence-corrected chi connectivity index (χ2v) is 7.97. The number of benzene rings is 1. The first-order valence-corrected chi connectivity index (χ1v) is 9.95. The van der Waals surface area contributed by atoms with Crippen molar-refractivity contribution in [1.82, 2.24) is 19.8 Å². The highest BCUT2D eigenvalue weighted by atomic mass is 35.5. The number of hydrogen-bond acceptors (Lipinski definition) is 5. The largest absolute Gasteiger partial charge is 0.310 e. The Balaban J connectivity index is 0.00000261. The van der Waals surface area contributed by atoms with Crippen LogP contribution in [0.25, 0.3) is 0 Å². The lowest BCUT2D eigenvalue weighted by molar-refractivity contribution is -0.120. The van der Waals surface area contributed by atoms with Crippen molar-refractivity contribution in [2.45, 2.75) is 24.3 Å². The molecule has 1 aromatic heterocycles. The minimum Gasteiger partial charge on any atom is -0.310 e. The zero-order valence-corrected chi connectivity index (χ0v) is 17.1. The number of nitrogens with zero attached hydrogens (tertiary/aromatic N) is 3. The lowest BCUT2D eigenvalue weighted by Crippen LogP contribution is -2.39. The lowest BCUT2D eigenvalue weighted by atomic mass is 10.1. The van der Waals surface area contributed by atoms with Crippen LogP contribution in [0.2, 0.25) is 0 Å². The van der Waals surface area contributed by atoms with Crippen LogP contribution in [0.4, 0.5) is 5.69 Å². The highest BCUT2D eigenvalue weighted by Crippen LogP contribution is 2.32. The monoisotopic (exact) mass is 413 g/mol. The molecule has 3 rings (SSSR count). The van der Waals surface area contributed by atoms with Gasteiger partial charge in [-0.15, -0.1) is 12.4 Å². The summed E-state index contributed by atoms with van der Waals surface area (Å²) in [6, 6.07) is 4.41. The fourth-order valence-electron chi connectivity index (χ4n) is 3.21. The molecule has 1 aliphatic rings. The first-order valence-electron chi connectivity index (χ1n) is 8.47. The van der Waals surface area contributed by atoms with Gasteiger partial charge >= 0.3 is 0 Å². The van der Waals surface area contributed by atoms with E-state index in [4.69, 9.17) is 0 Å². The predicted octanol–water partition coefficient (Wildman–Crippen LogP) is 0.990. The van der Waals surface area contributed by atoms with Crippen molar-refractivity contribution < 1.29 is 13.2 Å². The summed E-state index contributed by atoms with van der Waals surface area (Å²) < 4.78 is 28.7. The normalized spacial score (nSPS) is 14.6. The number of carbonyl (C=O) groups is 1. The van der Waals surface area contributed by atoms with E-state index in [1.807, 2.05) is 0 Å². The molecule has 0 saturated carbocycles. The van der Waals surface area contributed by atoms with Gasteiger partial charge in [-0.3, -0.25) is 9.48 Å². The Bertz CT molecular complexity index is 928. The van der Waals surface area contributed by atoms with Crippen LogP contribution < -0.4 is 14.9 Å². The molecule has 2 heterocycles. The van der Waals surface area contributed by atoms with Gasteiger partial charge in [-0.2, -0.15) is 5.10 Å². The van der Waals surface area contributed by atoms with Gasteiger partial charge in [0.2, 0.25) is 15.9 Å². The van der Waals surface area contributed by atoms with Crippen molar-refractivity contribution in [3.63, 3.8) is 0 Å². The summed E-state index contributed by atoms with van der Waals surface area (Å²) >= 11 is 0. The standard InChI is InChI=1S/C17H23N5O3S.ClH/c1-4-20-26(24,25)14-6-5-12-7-8-22(15(12)9-14)17(23)16(18-2)13-10-19-21(3)11-13;/h5-6,9-11,16,18,20H,4,7-8H2,1-3H3;1H. The topological polar surface area (TPSA) is 96.3 Å². The fraction of sp³-hybridized carbons (Fsp3) is 0.412. The number of fused-ring (bicyclic) bond motifs is 1.